The Bertz CT molecular complexity index is 534. The Kier molecular flexibility index (Phi) is 2.52. The molecule has 1 saturated heterocycles. The normalized spacial score (nSPS) is 21.1. The number of anilines is 1. The number of para-hydroxylation sites is 1. The number of piperidine rings is 1. The summed E-state index contributed by atoms with van der Waals surface area (Å²) in [5.41, 5.74) is 3.31. The number of aliphatic hydroxyl groups excluding tert-OH is 1. The van der Waals surface area contributed by atoms with Crippen molar-refractivity contribution in [2.45, 2.75) is 18.9 Å². The summed E-state index contributed by atoms with van der Waals surface area (Å²) in [7, 11) is 2.00. The van der Waals surface area contributed by atoms with Gasteiger partial charge in [-0.1, -0.05) is 6.07 Å². The number of benzene rings is 1. The molecule has 0 bridgehead atoms. The van der Waals surface area contributed by atoms with Crippen molar-refractivity contribution in [3.63, 3.8) is 0 Å². The predicted octanol–water partition coefficient (Wildman–Crippen LogP) is 1.53. The van der Waals surface area contributed by atoms with Gasteiger partial charge in [0, 0.05) is 20.1 Å². The molecule has 1 aliphatic heterocycles. The number of hydrogen-bond acceptors (Lipinski definition) is 3. The van der Waals surface area contributed by atoms with Crippen molar-refractivity contribution in [2.24, 2.45) is 7.05 Å². The van der Waals surface area contributed by atoms with Crippen molar-refractivity contribution in [2.75, 3.05) is 18.0 Å². The molecule has 90 valence electrons. The second kappa shape index (κ2) is 4.04. The summed E-state index contributed by atoms with van der Waals surface area (Å²) < 4.78 is 2.03. The third kappa shape index (κ3) is 1.78. The van der Waals surface area contributed by atoms with Crippen LogP contribution in [0.4, 0.5) is 5.69 Å². The van der Waals surface area contributed by atoms with Crippen LogP contribution >= 0.6 is 0 Å². The molecule has 0 spiro atoms. The van der Waals surface area contributed by atoms with E-state index in [1.807, 2.05) is 17.9 Å². The Hall–Kier alpha value is -1.55. The largest absolute Gasteiger partial charge is 0.391 e. The maximum Gasteiger partial charge on any atom is 0.112 e. The van der Waals surface area contributed by atoms with Gasteiger partial charge >= 0.3 is 0 Å². The van der Waals surface area contributed by atoms with E-state index in [0.29, 0.717) is 0 Å². The highest BCUT2D eigenvalue weighted by atomic mass is 16.3. The zero-order valence-electron chi connectivity index (χ0n) is 10.0. The molecule has 4 heteroatoms. The topological polar surface area (TPSA) is 41.3 Å². The minimum atomic E-state index is -0.206. The summed E-state index contributed by atoms with van der Waals surface area (Å²) in [6.07, 6.45) is 3.59. The molecule has 1 fully saturated rings. The van der Waals surface area contributed by atoms with E-state index in [0.717, 1.165) is 42.7 Å². The summed E-state index contributed by atoms with van der Waals surface area (Å²) in [6.45, 7) is 1.72. The monoisotopic (exact) mass is 231 g/mol. The fourth-order valence-electron chi connectivity index (χ4n) is 2.57. The number of hydrogen-bond donors (Lipinski definition) is 1. The fraction of sp³-hybridized carbons (Fsp3) is 0.462. The van der Waals surface area contributed by atoms with Crippen LogP contribution in [-0.2, 0) is 7.05 Å². The third-order valence-electron chi connectivity index (χ3n) is 3.47. The molecule has 1 aromatic carbocycles. The molecule has 1 aromatic heterocycles. The molecule has 1 atom stereocenters. The number of rotatable bonds is 1. The molecule has 0 unspecified atom stereocenters. The number of imidazole rings is 1. The molecule has 0 saturated carbocycles. The van der Waals surface area contributed by atoms with Crippen LogP contribution in [0.3, 0.4) is 0 Å². The number of β-amino-alcohol motifs (C(OH)–C–C–N with tert-alkyl or cyclic N) is 1. The molecule has 2 heterocycles. The van der Waals surface area contributed by atoms with Gasteiger partial charge in [-0.2, -0.15) is 0 Å². The molecule has 0 aliphatic carbocycles. The molecule has 1 aliphatic rings. The number of aryl methyl sites for hydroxylation is 1. The van der Waals surface area contributed by atoms with E-state index < -0.39 is 0 Å². The van der Waals surface area contributed by atoms with Gasteiger partial charge in [0.15, 0.2) is 0 Å². The molecule has 1 N–H and O–H groups in total. The first-order valence-corrected chi connectivity index (χ1v) is 6.09. The average Bonchev–Trinajstić information content (AvgIpc) is 2.71. The van der Waals surface area contributed by atoms with Crippen LogP contribution < -0.4 is 4.90 Å². The van der Waals surface area contributed by atoms with E-state index in [2.05, 4.69) is 28.1 Å². The van der Waals surface area contributed by atoms with Crippen molar-refractivity contribution in [1.82, 2.24) is 9.55 Å². The summed E-state index contributed by atoms with van der Waals surface area (Å²) in [5, 5.41) is 9.75. The smallest absolute Gasteiger partial charge is 0.112 e. The van der Waals surface area contributed by atoms with Gasteiger partial charge in [-0.05, 0) is 25.0 Å². The number of fused-ring (bicyclic) bond motifs is 1. The van der Waals surface area contributed by atoms with Gasteiger partial charge in [0.25, 0.3) is 0 Å². The summed E-state index contributed by atoms with van der Waals surface area (Å²) in [6, 6.07) is 6.22. The van der Waals surface area contributed by atoms with E-state index in [1.54, 1.807) is 0 Å². The summed E-state index contributed by atoms with van der Waals surface area (Å²) >= 11 is 0. The number of aliphatic hydroxyl groups is 1. The molecule has 0 radical (unpaired) electrons. The Labute approximate surface area is 100 Å². The standard InChI is InChI=1S/C13H17N3O/c1-15-9-14-13-11(15)5-2-6-12(13)16-7-3-4-10(17)8-16/h2,5-6,9-10,17H,3-4,7-8H2,1H3/t10-/m1/s1. The van der Waals surface area contributed by atoms with E-state index >= 15 is 0 Å². The van der Waals surface area contributed by atoms with Gasteiger partial charge < -0.3 is 14.6 Å². The molecule has 0 amide bonds. The highest BCUT2D eigenvalue weighted by Crippen LogP contribution is 2.27. The minimum Gasteiger partial charge on any atom is -0.391 e. The zero-order chi connectivity index (χ0) is 11.8. The molecule has 2 aromatic rings. The van der Waals surface area contributed by atoms with Gasteiger partial charge in [0.2, 0.25) is 0 Å². The summed E-state index contributed by atoms with van der Waals surface area (Å²) in [5.74, 6) is 0. The lowest BCUT2D eigenvalue weighted by Crippen LogP contribution is -2.38. The van der Waals surface area contributed by atoms with Crippen LogP contribution in [0.5, 0.6) is 0 Å². The van der Waals surface area contributed by atoms with Crippen LogP contribution in [0.1, 0.15) is 12.8 Å². The highest BCUT2D eigenvalue weighted by Gasteiger charge is 2.20. The van der Waals surface area contributed by atoms with Crippen molar-refractivity contribution >= 4 is 16.7 Å². The van der Waals surface area contributed by atoms with Gasteiger partial charge in [0.1, 0.15) is 5.52 Å². The first kappa shape index (κ1) is 10.6. The van der Waals surface area contributed by atoms with Crippen LogP contribution in [0.15, 0.2) is 24.5 Å². The molecular weight excluding hydrogens is 214 g/mol. The Morgan fingerprint density at radius 2 is 2.29 bits per heavy atom. The van der Waals surface area contributed by atoms with Crippen LogP contribution in [-0.4, -0.2) is 33.9 Å². The Balaban J connectivity index is 2.04. The predicted molar refractivity (Wildman–Crippen MR) is 68.2 cm³/mol. The molecule has 4 nitrogen and oxygen atoms in total. The quantitative estimate of drug-likeness (QED) is 0.809. The van der Waals surface area contributed by atoms with E-state index in [4.69, 9.17) is 0 Å². The van der Waals surface area contributed by atoms with Crippen LogP contribution in [0.25, 0.3) is 11.0 Å². The van der Waals surface area contributed by atoms with Gasteiger partial charge in [-0.15, -0.1) is 0 Å². The van der Waals surface area contributed by atoms with Crippen molar-refractivity contribution in [3.8, 4) is 0 Å². The second-order valence-corrected chi connectivity index (χ2v) is 4.74. The lowest BCUT2D eigenvalue weighted by Gasteiger charge is -2.32. The van der Waals surface area contributed by atoms with E-state index in [1.165, 1.54) is 0 Å². The fourth-order valence-corrected chi connectivity index (χ4v) is 2.57. The first-order valence-electron chi connectivity index (χ1n) is 6.09. The Morgan fingerprint density at radius 3 is 3.12 bits per heavy atom. The van der Waals surface area contributed by atoms with Gasteiger partial charge in [-0.3, -0.25) is 0 Å². The summed E-state index contributed by atoms with van der Waals surface area (Å²) in [4.78, 5) is 6.70. The van der Waals surface area contributed by atoms with Crippen molar-refractivity contribution in [1.29, 1.82) is 0 Å². The van der Waals surface area contributed by atoms with Crippen molar-refractivity contribution in [3.05, 3.63) is 24.5 Å². The molecule has 17 heavy (non-hydrogen) atoms. The van der Waals surface area contributed by atoms with Crippen molar-refractivity contribution < 1.29 is 5.11 Å². The van der Waals surface area contributed by atoms with Crippen LogP contribution in [0.2, 0.25) is 0 Å². The van der Waals surface area contributed by atoms with Gasteiger partial charge in [-0.25, -0.2) is 4.98 Å². The number of nitrogens with zero attached hydrogens (tertiary/aromatic N) is 3. The zero-order valence-corrected chi connectivity index (χ0v) is 10.0. The maximum atomic E-state index is 9.75. The Morgan fingerprint density at radius 1 is 1.41 bits per heavy atom. The molecular formula is C13H17N3O. The van der Waals surface area contributed by atoms with Gasteiger partial charge in [0.05, 0.1) is 23.6 Å². The third-order valence-corrected chi connectivity index (χ3v) is 3.47. The first-order chi connectivity index (χ1) is 8.25. The minimum absolute atomic E-state index is 0.206. The van der Waals surface area contributed by atoms with E-state index in [-0.39, 0.29) is 6.10 Å². The average molecular weight is 231 g/mol. The lowest BCUT2D eigenvalue weighted by atomic mass is 10.1. The molecule has 3 rings (SSSR count). The second-order valence-electron chi connectivity index (χ2n) is 4.74. The van der Waals surface area contributed by atoms with E-state index in [9.17, 15) is 5.11 Å². The highest BCUT2D eigenvalue weighted by molar-refractivity contribution is 5.89. The van der Waals surface area contributed by atoms with Crippen LogP contribution in [0, 0.1) is 0 Å². The number of aromatic nitrogens is 2. The maximum absolute atomic E-state index is 9.75. The lowest BCUT2D eigenvalue weighted by molar-refractivity contribution is 0.154. The SMILES string of the molecule is Cn1cnc2c(N3CCC[C@@H](O)C3)cccc21.